The number of hydrogen-bond donors (Lipinski definition) is 1. The number of aliphatic hydroxyl groups is 1. The van der Waals surface area contributed by atoms with Gasteiger partial charge < -0.3 is 19.3 Å². The van der Waals surface area contributed by atoms with Gasteiger partial charge in [0.1, 0.15) is 5.75 Å². The zero-order chi connectivity index (χ0) is 19.2. The minimum Gasteiger partial charge on any atom is -0.496 e. The molecular weight excluding hydrogens is 338 g/mol. The molecule has 0 fully saturated rings. The molecule has 0 spiro atoms. The first-order chi connectivity index (χ1) is 13.1. The van der Waals surface area contributed by atoms with E-state index in [-0.39, 0.29) is 6.61 Å². The molecule has 2 aromatic carbocycles. The number of methoxy groups -OCH3 is 1. The van der Waals surface area contributed by atoms with Crippen LogP contribution < -0.4 is 4.74 Å². The quantitative estimate of drug-likeness (QED) is 0.662. The van der Waals surface area contributed by atoms with E-state index in [1.165, 1.54) is 0 Å². The molecule has 1 N–H and O–H groups in total. The van der Waals surface area contributed by atoms with Gasteiger partial charge in [-0.05, 0) is 38.7 Å². The van der Waals surface area contributed by atoms with E-state index in [4.69, 9.17) is 4.74 Å². The predicted molar refractivity (Wildman–Crippen MR) is 109 cm³/mol. The first-order valence-electron chi connectivity index (χ1n) is 9.17. The molecule has 3 aromatic rings. The van der Waals surface area contributed by atoms with Gasteiger partial charge in [-0.2, -0.15) is 0 Å². The molecule has 0 aliphatic rings. The number of aryl methyl sites for hydroxylation is 1. The van der Waals surface area contributed by atoms with E-state index in [9.17, 15) is 5.11 Å². The molecule has 0 aliphatic carbocycles. The highest BCUT2D eigenvalue weighted by Crippen LogP contribution is 2.34. The van der Waals surface area contributed by atoms with E-state index >= 15 is 0 Å². The lowest BCUT2D eigenvalue weighted by Crippen LogP contribution is -2.12. The second-order valence-electron chi connectivity index (χ2n) is 6.84. The maximum Gasteiger partial charge on any atom is 0.123 e. The Morgan fingerprint density at radius 3 is 2.52 bits per heavy atom. The van der Waals surface area contributed by atoms with Crippen molar-refractivity contribution >= 4 is 0 Å². The van der Waals surface area contributed by atoms with E-state index in [1.807, 2.05) is 44.7 Å². The third-order valence-electron chi connectivity index (χ3n) is 4.48. The van der Waals surface area contributed by atoms with Crippen molar-refractivity contribution in [3.63, 3.8) is 0 Å². The van der Waals surface area contributed by atoms with Crippen molar-refractivity contribution in [3.8, 4) is 28.3 Å². The first kappa shape index (κ1) is 19.1. The third kappa shape index (κ3) is 4.38. The van der Waals surface area contributed by atoms with Gasteiger partial charge in [-0.25, -0.2) is 4.98 Å². The number of ether oxygens (including phenoxy) is 1. The summed E-state index contributed by atoms with van der Waals surface area (Å²) in [5, 5.41) is 9.27. The van der Waals surface area contributed by atoms with Crippen molar-refractivity contribution in [3.05, 3.63) is 60.4 Å². The molecule has 0 unspecified atom stereocenters. The van der Waals surface area contributed by atoms with Gasteiger partial charge in [0, 0.05) is 36.4 Å². The molecule has 0 amide bonds. The van der Waals surface area contributed by atoms with Crippen LogP contribution in [0, 0.1) is 0 Å². The van der Waals surface area contributed by atoms with Gasteiger partial charge in [-0.3, -0.25) is 0 Å². The lowest BCUT2D eigenvalue weighted by molar-refractivity contribution is 0.280. The summed E-state index contributed by atoms with van der Waals surface area (Å²) in [5.41, 5.74) is 5.34. The van der Waals surface area contributed by atoms with Crippen LogP contribution in [0.3, 0.4) is 0 Å². The van der Waals surface area contributed by atoms with Crippen LogP contribution in [0.4, 0.5) is 0 Å². The van der Waals surface area contributed by atoms with Gasteiger partial charge in [-0.1, -0.05) is 30.3 Å². The Labute approximate surface area is 160 Å². The summed E-state index contributed by atoms with van der Waals surface area (Å²) in [6, 6.07) is 16.5. The monoisotopic (exact) mass is 365 g/mol. The molecule has 5 heteroatoms. The minimum atomic E-state index is 0.160. The first-order valence-corrected chi connectivity index (χ1v) is 9.17. The summed E-state index contributed by atoms with van der Waals surface area (Å²) in [5.74, 6) is 0.884. The number of hydrogen-bond acceptors (Lipinski definition) is 4. The molecule has 0 saturated heterocycles. The van der Waals surface area contributed by atoms with E-state index in [1.54, 1.807) is 7.11 Å². The average Bonchev–Trinajstić information content (AvgIpc) is 3.10. The van der Waals surface area contributed by atoms with Crippen LogP contribution in [0.2, 0.25) is 0 Å². The fourth-order valence-electron chi connectivity index (χ4n) is 3.29. The Balaban J connectivity index is 2.12. The summed E-state index contributed by atoms with van der Waals surface area (Å²) in [4.78, 5) is 6.82. The maximum absolute atomic E-state index is 9.27. The molecule has 3 rings (SSSR count). The minimum absolute atomic E-state index is 0.160. The molecule has 1 heterocycles. The van der Waals surface area contributed by atoms with Crippen LogP contribution in [0.5, 0.6) is 5.75 Å². The average molecular weight is 365 g/mol. The Morgan fingerprint density at radius 2 is 1.85 bits per heavy atom. The van der Waals surface area contributed by atoms with Crippen LogP contribution >= 0.6 is 0 Å². The van der Waals surface area contributed by atoms with Crippen LogP contribution in [-0.2, 0) is 13.1 Å². The van der Waals surface area contributed by atoms with E-state index in [0.717, 1.165) is 46.9 Å². The highest BCUT2D eigenvalue weighted by atomic mass is 16.5. The van der Waals surface area contributed by atoms with Crippen molar-refractivity contribution in [2.75, 3.05) is 27.8 Å². The molecule has 0 atom stereocenters. The van der Waals surface area contributed by atoms with E-state index in [0.29, 0.717) is 6.42 Å². The summed E-state index contributed by atoms with van der Waals surface area (Å²) >= 11 is 0. The Bertz CT molecular complexity index is 873. The topological polar surface area (TPSA) is 50.5 Å². The fraction of sp³-hybridized carbons (Fsp3) is 0.318. The van der Waals surface area contributed by atoms with Crippen molar-refractivity contribution in [2.45, 2.75) is 19.5 Å². The molecule has 0 aliphatic heterocycles. The number of benzene rings is 2. The van der Waals surface area contributed by atoms with Crippen LogP contribution in [-0.4, -0.2) is 47.4 Å². The number of nitrogens with zero attached hydrogens (tertiary/aromatic N) is 3. The summed E-state index contributed by atoms with van der Waals surface area (Å²) in [6.45, 7) is 1.68. The molecule has 142 valence electrons. The SMILES string of the molecule is COc1ccc(-c2c(-c3ccccc3)ncn2CCCO)cc1CN(C)C. The van der Waals surface area contributed by atoms with Crippen molar-refractivity contribution in [1.82, 2.24) is 14.5 Å². The summed E-state index contributed by atoms with van der Waals surface area (Å²) < 4.78 is 7.67. The lowest BCUT2D eigenvalue weighted by Gasteiger charge is -2.16. The largest absolute Gasteiger partial charge is 0.496 e. The molecular formula is C22H27N3O2. The summed E-state index contributed by atoms with van der Waals surface area (Å²) in [6.07, 6.45) is 2.56. The molecule has 0 radical (unpaired) electrons. The van der Waals surface area contributed by atoms with Gasteiger partial charge in [0.2, 0.25) is 0 Å². The normalized spacial score (nSPS) is 11.1. The number of aromatic nitrogens is 2. The Kier molecular flexibility index (Phi) is 6.27. The van der Waals surface area contributed by atoms with Crippen molar-refractivity contribution in [2.24, 2.45) is 0 Å². The zero-order valence-electron chi connectivity index (χ0n) is 16.2. The number of aliphatic hydroxyl groups excluding tert-OH is 1. The second-order valence-corrected chi connectivity index (χ2v) is 6.84. The predicted octanol–water partition coefficient (Wildman–Crippen LogP) is 3.67. The van der Waals surface area contributed by atoms with E-state index in [2.05, 4.69) is 38.7 Å². The zero-order valence-corrected chi connectivity index (χ0v) is 16.2. The van der Waals surface area contributed by atoms with Crippen molar-refractivity contribution in [1.29, 1.82) is 0 Å². The molecule has 27 heavy (non-hydrogen) atoms. The molecule has 0 saturated carbocycles. The smallest absolute Gasteiger partial charge is 0.123 e. The van der Waals surface area contributed by atoms with Gasteiger partial charge >= 0.3 is 0 Å². The van der Waals surface area contributed by atoms with Gasteiger partial charge in [0.25, 0.3) is 0 Å². The molecule has 5 nitrogen and oxygen atoms in total. The standard InChI is InChI=1S/C22H27N3O2/c1-24(2)15-19-14-18(10-11-20(19)27-3)22-21(17-8-5-4-6-9-17)23-16-25(22)12-7-13-26/h4-6,8-11,14,16,26H,7,12-13,15H2,1-3H3. The highest BCUT2D eigenvalue weighted by Gasteiger charge is 2.16. The summed E-state index contributed by atoms with van der Waals surface area (Å²) in [7, 11) is 5.80. The van der Waals surface area contributed by atoms with Gasteiger partial charge in [-0.15, -0.1) is 0 Å². The fourth-order valence-corrected chi connectivity index (χ4v) is 3.29. The van der Waals surface area contributed by atoms with Crippen LogP contribution in [0.25, 0.3) is 22.5 Å². The van der Waals surface area contributed by atoms with Gasteiger partial charge in [0.05, 0.1) is 24.8 Å². The van der Waals surface area contributed by atoms with Crippen LogP contribution in [0.1, 0.15) is 12.0 Å². The second kappa shape index (κ2) is 8.84. The van der Waals surface area contributed by atoms with Crippen LogP contribution in [0.15, 0.2) is 54.9 Å². The maximum atomic E-state index is 9.27. The lowest BCUT2D eigenvalue weighted by atomic mass is 10.0. The molecule has 1 aromatic heterocycles. The Morgan fingerprint density at radius 1 is 1.07 bits per heavy atom. The highest BCUT2D eigenvalue weighted by molar-refractivity contribution is 5.79. The number of rotatable bonds is 8. The van der Waals surface area contributed by atoms with E-state index < -0.39 is 0 Å². The number of imidazole rings is 1. The van der Waals surface area contributed by atoms with Crippen molar-refractivity contribution < 1.29 is 9.84 Å². The Hall–Kier alpha value is -2.63. The van der Waals surface area contributed by atoms with Gasteiger partial charge in [0.15, 0.2) is 0 Å². The third-order valence-corrected chi connectivity index (χ3v) is 4.48. The molecule has 0 bridgehead atoms.